The molecule has 9 nitrogen and oxygen atoms in total. The summed E-state index contributed by atoms with van der Waals surface area (Å²) in [5.74, 6) is -0.650. The molecule has 3 rings (SSSR count). The number of methoxy groups -OCH3 is 1. The van der Waals surface area contributed by atoms with Crippen LogP contribution in [0.2, 0.25) is 0 Å². The molecule has 1 fully saturated rings. The van der Waals surface area contributed by atoms with Crippen molar-refractivity contribution in [1.29, 1.82) is 0 Å². The fourth-order valence-electron chi connectivity index (χ4n) is 3.99. The van der Waals surface area contributed by atoms with Gasteiger partial charge in [-0.25, -0.2) is 4.79 Å². The van der Waals surface area contributed by atoms with Crippen molar-refractivity contribution >= 4 is 23.5 Å². The Hall–Kier alpha value is -3.80. The highest BCUT2D eigenvalue weighted by atomic mass is 19.4. The number of alkyl halides is 3. The van der Waals surface area contributed by atoms with Gasteiger partial charge in [-0.15, -0.1) is 0 Å². The molecule has 36 heavy (non-hydrogen) atoms. The van der Waals surface area contributed by atoms with Gasteiger partial charge in [0.05, 0.1) is 30.5 Å². The maximum absolute atomic E-state index is 13.1. The molecule has 0 radical (unpaired) electrons. The normalized spacial score (nSPS) is 15.9. The zero-order chi connectivity index (χ0) is 26.5. The fraction of sp³-hybridized carbons (Fsp3) is 0.375. The van der Waals surface area contributed by atoms with Gasteiger partial charge in [0.2, 0.25) is 5.91 Å². The summed E-state index contributed by atoms with van der Waals surface area (Å²) in [6, 6.07) is 6.93. The first-order valence-corrected chi connectivity index (χ1v) is 11.2. The molecule has 5 N–H and O–H groups in total. The molecule has 12 heteroatoms. The van der Waals surface area contributed by atoms with Crippen LogP contribution in [0.3, 0.4) is 0 Å². The van der Waals surface area contributed by atoms with E-state index in [1.807, 2.05) is 25.1 Å². The minimum absolute atomic E-state index is 0.131. The lowest BCUT2D eigenvalue weighted by Crippen LogP contribution is -2.43. The van der Waals surface area contributed by atoms with Gasteiger partial charge in [0.1, 0.15) is 5.75 Å². The van der Waals surface area contributed by atoms with Gasteiger partial charge in [0, 0.05) is 25.7 Å². The number of urea groups is 1. The Labute approximate surface area is 206 Å². The summed E-state index contributed by atoms with van der Waals surface area (Å²) in [6.07, 6.45) is -3.98. The Kier molecular flexibility index (Phi) is 8.41. The van der Waals surface area contributed by atoms with Crippen molar-refractivity contribution in [2.45, 2.75) is 32.1 Å². The van der Waals surface area contributed by atoms with Gasteiger partial charge < -0.3 is 26.4 Å². The number of halogens is 3. The molecular formula is C24H28F3N5O4. The van der Waals surface area contributed by atoms with Crippen LogP contribution in [0.15, 0.2) is 36.4 Å². The number of hydrogen-bond donors (Lipinski definition) is 4. The first-order chi connectivity index (χ1) is 17.0. The number of anilines is 1. The first-order valence-electron chi connectivity index (χ1n) is 11.2. The molecule has 2 aromatic carbocycles. The first kappa shape index (κ1) is 26.8. The van der Waals surface area contributed by atoms with E-state index >= 15 is 0 Å². The molecule has 194 valence electrons. The molecule has 1 atom stereocenters. The second-order valence-corrected chi connectivity index (χ2v) is 8.51. The van der Waals surface area contributed by atoms with E-state index in [1.54, 1.807) is 7.11 Å². The van der Waals surface area contributed by atoms with Crippen LogP contribution in [0, 0.1) is 6.92 Å². The topological polar surface area (TPSA) is 126 Å². The van der Waals surface area contributed by atoms with Gasteiger partial charge in [0.25, 0.3) is 5.91 Å². The minimum atomic E-state index is -4.70. The third kappa shape index (κ3) is 7.11. The van der Waals surface area contributed by atoms with Crippen molar-refractivity contribution in [1.82, 2.24) is 15.5 Å². The van der Waals surface area contributed by atoms with Gasteiger partial charge >= 0.3 is 12.2 Å². The van der Waals surface area contributed by atoms with Gasteiger partial charge in [-0.1, -0.05) is 6.07 Å². The standard InChI is InChI=1S/C24H28F3N5O4/c1-14-9-18(36-2)5-3-15(14)12-32-8-7-17(13-32)30-21(33)11-29-22(34)19-10-16(24(25,26)27)4-6-20(19)31-23(28)35/h3-6,9-10,17H,7-8,11-13H2,1-2H3,(H,29,34)(H,30,33)(H3,28,31,35)/t17-/m1/s1. The predicted octanol–water partition coefficient (Wildman–Crippen LogP) is 2.63. The lowest BCUT2D eigenvalue weighted by atomic mass is 10.1. The number of primary amides is 1. The lowest BCUT2D eigenvalue weighted by Gasteiger charge is -2.18. The summed E-state index contributed by atoms with van der Waals surface area (Å²) >= 11 is 0. The Morgan fingerprint density at radius 2 is 1.92 bits per heavy atom. The van der Waals surface area contributed by atoms with Crippen LogP contribution in [0.4, 0.5) is 23.7 Å². The molecule has 0 saturated carbocycles. The van der Waals surface area contributed by atoms with E-state index in [0.717, 1.165) is 35.9 Å². The predicted molar refractivity (Wildman–Crippen MR) is 127 cm³/mol. The van der Waals surface area contributed by atoms with Crippen molar-refractivity contribution in [2.75, 3.05) is 32.1 Å². The molecule has 0 aliphatic carbocycles. The highest BCUT2D eigenvalue weighted by molar-refractivity contribution is 6.04. The number of nitrogens with two attached hydrogens (primary N) is 1. The number of likely N-dealkylation sites (tertiary alicyclic amines) is 1. The molecule has 1 aliphatic rings. The van der Waals surface area contributed by atoms with E-state index in [4.69, 9.17) is 10.5 Å². The fourth-order valence-corrected chi connectivity index (χ4v) is 3.99. The lowest BCUT2D eigenvalue weighted by molar-refractivity contribution is -0.137. The van der Waals surface area contributed by atoms with Gasteiger partial charge in [0.15, 0.2) is 0 Å². The van der Waals surface area contributed by atoms with Crippen molar-refractivity contribution < 1.29 is 32.3 Å². The van der Waals surface area contributed by atoms with Crippen LogP contribution in [0.5, 0.6) is 5.75 Å². The highest BCUT2D eigenvalue weighted by Gasteiger charge is 2.32. The Bertz CT molecular complexity index is 1140. The van der Waals surface area contributed by atoms with Crippen LogP contribution < -0.4 is 26.4 Å². The SMILES string of the molecule is COc1ccc(CN2CC[C@@H](NC(=O)CNC(=O)c3cc(C(F)(F)F)ccc3NC(N)=O)C2)c(C)c1. The van der Waals surface area contributed by atoms with Gasteiger partial charge in [-0.3, -0.25) is 14.5 Å². The number of hydrogen-bond acceptors (Lipinski definition) is 5. The number of ether oxygens (including phenoxy) is 1. The Morgan fingerprint density at radius 3 is 2.56 bits per heavy atom. The smallest absolute Gasteiger partial charge is 0.416 e. The molecule has 0 aromatic heterocycles. The maximum atomic E-state index is 13.1. The summed E-state index contributed by atoms with van der Waals surface area (Å²) in [5.41, 5.74) is 5.55. The number of benzene rings is 2. The second-order valence-electron chi connectivity index (χ2n) is 8.51. The number of nitrogens with one attached hydrogen (secondary N) is 3. The van der Waals surface area contributed by atoms with Crippen LogP contribution in [-0.4, -0.2) is 55.5 Å². The van der Waals surface area contributed by atoms with Crippen molar-refractivity contribution in [3.63, 3.8) is 0 Å². The molecule has 2 aromatic rings. The zero-order valence-electron chi connectivity index (χ0n) is 19.9. The summed E-state index contributed by atoms with van der Waals surface area (Å²) < 4.78 is 44.5. The number of carbonyl (C=O) groups is 3. The number of aryl methyl sites for hydroxylation is 1. The Morgan fingerprint density at radius 1 is 1.17 bits per heavy atom. The summed E-state index contributed by atoms with van der Waals surface area (Å²) in [7, 11) is 1.61. The Balaban J connectivity index is 1.54. The molecule has 1 aliphatic heterocycles. The van der Waals surface area contributed by atoms with E-state index in [2.05, 4.69) is 20.9 Å². The molecule has 4 amide bonds. The molecular weight excluding hydrogens is 479 g/mol. The highest BCUT2D eigenvalue weighted by Crippen LogP contribution is 2.32. The summed E-state index contributed by atoms with van der Waals surface area (Å²) in [6.45, 7) is 3.66. The van der Waals surface area contributed by atoms with E-state index in [0.29, 0.717) is 25.2 Å². The molecule has 1 saturated heterocycles. The average molecular weight is 508 g/mol. The largest absolute Gasteiger partial charge is 0.497 e. The number of amides is 4. The molecule has 0 bridgehead atoms. The molecule has 1 heterocycles. The second kappa shape index (κ2) is 11.3. The quantitative estimate of drug-likeness (QED) is 0.437. The van der Waals surface area contributed by atoms with Crippen LogP contribution in [0.25, 0.3) is 0 Å². The van der Waals surface area contributed by atoms with Gasteiger partial charge in [-0.05, 0) is 54.8 Å². The number of rotatable bonds is 8. The van der Waals surface area contributed by atoms with E-state index in [1.165, 1.54) is 0 Å². The minimum Gasteiger partial charge on any atom is -0.497 e. The summed E-state index contributed by atoms with van der Waals surface area (Å²) in [5, 5.41) is 7.24. The van der Waals surface area contributed by atoms with Crippen molar-refractivity contribution in [3.8, 4) is 5.75 Å². The van der Waals surface area contributed by atoms with E-state index < -0.39 is 41.7 Å². The molecule has 0 unspecified atom stereocenters. The average Bonchev–Trinajstić information content (AvgIpc) is 3.24. The summed E-state index contributed by atoms with van der Waals surface area (Å²) in [4.78, 5) is 38.3. The van der Waals surface area contributed by atoms with E-state index in [9.17, 15) is 27.6 Å². The van der Waals surface area contributed by atoms with E-state index in [-0.39, 0.29) is 11.7 Å². The van der Waals surface area contributed by atoms with Crippen LogP contribution in [0.1, 0.15) is 33.5 Å². The molecule has 0 spiro atoms. The number of carbonyl (C=O) groups excluding carboxylic acids is 3. The third-order valence-electron chi connectivity index (χ3n) is 5.84. The van der Waals surface area contributed by atoms with Crippen LogP contribution >= 0.6 is 0 Å². The number of nitrogens with zero attached hydrogens (tertiary/aromatic N) is 1. The zero-order valence-corrected chi connectivity index (χ0v) is 19.9. The van der Waals surface area contributed by atoms with Crippen molar-refractivity contribution in [3.05, 3.63) is 58.7 Å². The maximum Gasteiger partial charge on any atom is 0.416 e. The monoisotopic (exact) mass is 507 g/mol. The van der Waals surface area contributed by atoms with Crippen LogP contribution in [-0.2, 0) is 17.5 Å². The van der Waals surface area contributed by atoms with Crippen molar-refractivity contribution in [2.24, 2.45) is 5.73 Å². The van der Waals surface area contributed by atoms with Gasteiger partial charge in [-0.2, -0.15) is 13.2 Å². The third-order valence-corrected chi connectivity index (χ3v) is 5.84.